The van der Waals surface area contributed by atoms with Crippen LogP contribution in [-0.4, -0.2) is 43.2 Å². The number of piperidine rings is 1. The minimum atomic E-state index is 0.431. The standard InChI is InChI=1S/C21H27ClN4O2/c1-15-12-18(14-23-27-3)13-16(2)21(15)28-11-8-17-6-9-26(10-7-17)20-5-4-19(22)24-25-20/h4-5,12-14,17H,6-11H2,1-3H3/b23-14+. The summed E-state index contributed by atoms with van der Waals surface area (Å²) in [7, 11) is 1.54. The maximum Gasteiger partial charge on any atom is 0.151 e. The number of halogens is 1. The first-order valence-corrected chi connectivity index (χ1v) is 9.99. The number of aryl methyl sites for hydroxylation is 2. The molecule has 2 heterocycles. The van der Waals surface area contributed by atoms with Crippen LogP contribution in [0.4, 0.5) is 5.82 Å². The van der Waals surface area contributed by atoms with Gasteiger partial charge >= 0.3 is 0 Å². The van der Waals surface area contributed by atoms with E-state index >= 15 is 0 Å². The molecule has 150 valence electrons. The number of aromatic nitrogens is 2. The second kappa shape index (κ2) is 9.73. The zero-order valence-corrected chi connectivity index (χ0v) is 17.4. The van der Waals surface area contributed by atoms with Gasteiger partial charge in [-0.1, -0.05) is 16.8 Å². The minimum Gasteiger partial charge on any atom is -0.493 e. The number of oxime groups is 1. The molecule has 2 aromatic rings. The van der Waals surface area contributed by atoms with Gasteiger partial charge < -0.3 is 14.5 Å². The molecule has 0 unspecified atom stereocenters. The highest BCUT2D eigenvalue weighted by Crippen LogP contribution is 2.27. The van der Waals surface area contributed by atoms with E-state index in [9.17, 15) is 0 Å². The third-order valence-corrected chi connectivity index (χ3v) is 5.32. The highest BCUT2D eigenvalue weighted by molar-refractivity contribution is 6.29. The highest BCUT2D eigenvalue weighted by atomic mass is 35.5. The molecular weight excluding hydrogens is 376 g/mol. The Morgan fingerprint density at radius 3 is 2.50 bits per heavy atom. The van der Waals surface area contributed by atoms with Crippen LogP contribution in [0.1, 0.15) is 36.0 Å². The lowest BCUT2D eigenvalue weighted by Gasteiger charge is -2.32. The van der Waals surface area contributed by atoms with E-state index in [2.05, 4.69) is 46.2 Å². The summed E-state index contributed by atoms with van der Waals surface area (Å²) in [6.45, 7) is 6.86. The molecule has 7 heteroatoms. The van der Waals surface area contributed by atoms with Crippen molar-refractivity contribution >= 4 is 23.6 Å². The van der Waals surface area contributed by atoms with Crippen LogP contribution in [0.25, 0.3) is 0 Å². The smallest absolute Gasteiger partial charge is 0.151 e. The van der Waals surface area contributed by atoms with Gasteiger partial charge in [-0.25, -0.2) is 0 Å². The monoisotopic (exact) mass is 402 g/mol. The summed E-state index contributed by atoms with van der Waals surface area (Å²) < 4.78 is 6.13. The number of anilines is 1. The first-order valence-electron chi connectivity index (χ1n) is 9.61. The SMILES string of the molecule is CO/N=C/c1cc(C)c(OCCC2CCN(c3ccc(Cl)nn3)CC2)c(C)c1. The summed E-state index contributed by atoms with van der Waals surface area (Å²) >= 11 is 5.82. The van der Waals surface area contributed by atoms with E-state index in [0.29, 0.717) is 11.1 Å². The average Bonchev–Trinajstić information content (AvgIpc) is 2.69. The van der Waals surface area contributed by atoms with Crippen molar-refractivity contribution in [2.45, 2.75) is 33.1 Å². The van der Waals surface area contributed by atoms with Gasteiger partial charge in [0, 0.05) is 13.1 Å². The molecule has 28 heavy (non-hydrogen) atoms. The summed E-state index contributed by atoms with van der Waals surface area (Å²) in [6.07, 6.45) is 5.05. The van der Waals surface area contributed by atoms with Crippen molar-refractivity contribution in [3.63, 3.8) is 0 Å². The van der Waals surface area contributed by atoms with E-state index in [0.717, 1.165) is 67.2 Å². The molecule has 0 amide bonds. The van der Waals surface area contributed by atoms with Crippen LogP contribution in [-0.2, 0) is 4.84 Å². The highest BCUT2D eigenvalue weighted by Gasteiger charge is 2.20. The number of benzene rings is 1. The lowest BCUT2D eigenvalue weighted by Crippen LogP contribution is -2.34. The Balaban J connectivity index is 1.47. The molecule has 1 aliphatic heterocycles. The molecule has 6 nitrogen and oxygen atoms in total. The van der Waals surface area contributed by atoms with Crippen LogP contribution in [0.3, 0.4) is 0 Å². The zero-order valence-electron chi connectivity index (χ0n) is 16.7. The second-order valence-electron chi connectivity index (χ2n) is 7.18. The molecule has 0 bridgehead atoms. The van der Waals surface area contributed by atoms with Crippen molar-refractivity contribution in [2.75, 3.05) is 31.7 Å². The van der Waals surface area contributed by atoms with E-state index < -0.39 is 0 Å². The molecule has 0 N–H and O–H groups in total. The average molecular weight is 403 g/mol. The molecule has 1 saturated heterocycles. The van der Waals surface area contributed by atoms with Gasteiger partial charge in [0.1, 0.15) is 12.9 Å². The quantitative estimate of drug-likeness (QED) is 0.507. The Labute approximate surface area is 171 Å². The van der Waals surface area contributed by atoms with Crippen molar-refractivity contribution in [1.29, 1.82) is 0 Å². The van der Waals surface area contributed by atoms with Gasteiger partial charge in [0.25, 0.3) is 0 Å². The molecule has 0 saturated carbocycles. The molecule has 0 aliphatic carbocycles. The second-order valence-corrected chi connectivity index (χ2v) is 7.57. The van der Waals surface area contributed by atoms with Gasteiger partial charge in [0.15, 0.2) is 11.0 Å². The van der Waals surface area contributed by atoms with Crippen molar-refractivity contribution in [3.8, 4) is 5.75 Å². The van der Waals surface area contributed by atoms with E-state index in [1.165, 1.54) is 0 Å². The fourth-order valence-corrected chi connectivity index (χ4v) is 3.76. The van der Waals surface area contributed by atoms with Gasteiger partial charge in [-0.15, -0.1) is 10.2 Å². The summed E-state index contributed by atoms with van der Waals surface area (Å²) in [6, 6.07) is 7.86. The number of nitrogens with zero attached hydrogens (tertiary/aromatic N) is 4. The van der Waals surface area contributed by atoms with Crippen molar-refractivity contribution in [2.24, 2.45) is 11.1 Å². The van der Waals surface area contributed by atoms with E-state index in [-0.39, 0.29) is 0 Å². The lowest BCUT2D eigenvalue weighted by molar-refractivity contribution is 0.215. The number of rotatable bonds is 7. The Morgan fingerprint density at radius 1 is 1.18 bits per heavy atom. The Morgan fingerprint density at radius 2 is 1.89 bits per heavy atom. The topological polar surface area (TPSA) is 59.8 Å². The largest absolute Gasteiger partial charge is 0.493 e. The third kappa shape index (κ3) is 5.35. The summed E-state index contributed by atoms with van der Waals surface area (Å²) in [5.41, 5.74) is 3.25. The van der Waals surface area contributed by atoms with Crippen molar-refractivity contribution in [3.05, 3.63) is 46.1 Å². The van der Waals surface area contributed by atoms with E-state index in [1.54, 1.807) is 19.4 Å². The first kappa shape index (κ1) is 20.4. The molecule has 1 fully saturated rings. The van der Waals surface area contributed by atoms with Crippen LogP contribution >= 0.6 is 11.6 Å². The zero-order chi connectivity index (χ0) is 19.9. The maximum absolute atomic E-state index is 6.13. The number of hydrogen-bond acceptors (Lipinski definition) is 6. The van der Waals surface area contributed by atoms with Crippen LogP contribution in [0, 0.1) is 19.8 Å². The van der Waals surface area contributed by atoms with E-state index in [1.807, 2.05) is 6.07 Å². The molecule has 0 atom stereocenters. The molecule has 1 aliphatic rings. The van der Waals surface area contributed by atoms with Crippen LogP contribution in [0.5, 0.6) is 5.75 Å². The van der Waals surface area contributed by atoms with Gasteiger partial charge in [-0.3, -0.25) is 0 Å². The third-order valence-electron chi connectivity index (χ3n) is 5.12. The van der Waals surface area contributed by atoms with Gasteiger partial charge in [0.05, 0.1) is 12.8 Å². The summed E-state index contributed by atoms with van der Waals surface area (Å²) in [5.74, 6) is 2.55. The molecule has 3 rings (SSSR count). The van der Waals surface area contributed by atoms with Gasteiger partial charge in [-0.2, -0.15) is 0 Å². The summed E-state index contributed by atoms with van der Waals surface area (Å²) in [5, 5.41) is 12.4. The fourth-order valence-electron chi connectivity index (χ4n) is 3.66. The predicted octanol–water partition coefficient (Wildman–Crippen LogP) is 4.41. The molecular formula is C21H27ClN4O2. The first-order chi connectivity index (χ1) is 13.6. The van der Waals surface area contributed by atoms with Crippen molar-refractivity contribution < 1.29 is 9.57 Å². The van der Waals surface area contributed by atoms with Gasteiger partial charge in [0.2, 0.25) is 0 Å². The Hall–Kier alpha value is -2.34. The van der Waals surface area contributed by atoms with Gasteiger partial charge in [-0.05, 0) is 80.0 Å². The van der Waals surface area contributed by atoms with E-state index in [4.69, 9.17) is 21.2 Å². The maximum atomic E-state index is 6.13. The van der Waals surface area contributed by atoms with Crippen molar-refractivity contribution in [1.82, 2.24) is 10.2 Å². The Bertz CT molecular complexity index is 780. The lowest BCUT2D eigenvalue weighted by atomic mass is 9.94. The normalized spacial score (nSPS) is 15.2. The predicted molar refractivity (Wildman–Crippen MR) is 113 cm³/mol. The molecule has 1 aromatic heterocycles. The van der Waals surface area contributed by atoms with Crippen LogP contribution in [0.15, 0.2) is 29.4 Å². The van der Waals surface area contributed by atoms with Crippen LogP contribution < -0.4 is 9.64 Å². The minimum absolute atomic E-state index is 0.431. The number of ether oxygens (including phenoxy) is 1. The van der Waals surface area contributed by atoms with Crippen LogP contribution in [0.2, 0.25) is 5.15 Å². The molecule has 0 spiro atoms. The molecule has 1 aromatic carbocycles. The number of hydrogen-bond donors (Lipinski definition) is 0. The fraction of sp³-hybridized carbons (Fsp3) is 0.476. The summed E-state index contributed by atoms with van der Waals surface area (Å²) in [4.78, 5) is 7.02. The molecule has 0 radical (unpaired) electrons. The Kier molecular flexibility index (Phi) is 7.09.